The van der Waals surface area contributed by atoms with Gasteiger partial charge in [-0.1, -0.05) is 20.8 Å². The molecule has 0 bridgehead atoms. The fourth-order valence-corrected chi connectivity index (χ4v) is 1.74. The van der Waals surface area contributed by atoms with Crippen LogP contribution in [-0.2, 0) is 13.6 Å². The Morgan fingerprint density at radius 3 is 2.33 bits per heavy atom. The lowest BCUT2D eigenvalue weighted by Crippen LogP contribution is -2.02. The van der Waals surface area contributed by atoms with Gasteiger partial charge in [0, 0.05) is 6.66 Å². The minimum Gasteiger partial charge on any atom is -0.309 e. The van der Waals surface area contributed by atoms with Crippen molar-refractivity contribution in [2.24, 2.45) is 5.92 Å². The Labute approximate surface area is 75.0 Å². The van der Waals surface area contributed by atoms with Gasteiger partial charge >= 0.3 is 7.60 Å². The van der Waals surface area contributed by atoms with Crippen LogP contribution in [0, 0.1) is 5.92 Å². The summed E-state index contributed by atoms with van der Waals surface area (Å²) < 4.78 is 21.6. The van der Waals surface area contributed by atoms with Gasteiger partial charge in [-0.2, -0.15) is 0 Å². The molecule has 0 radical (unpaired) electrons. The van der Waals surface area contributed by atoms with Gasteiger partial charge in [-0.3, -0.25) is 4.57 Å². The molecule has 0 spiro atoms. The van der Waals surface area contributed by atoms with Crippen LogP contribution in [0.4, 0.5) is 0 Å². The maximum Gasteiger partial charge on any atom is 0.327 e. The van der Waals surface area contributed by atoms with E-state index in [9.17, 15) is 4.57 Å². The lowest BCUT2D eigenvalue weighted by Gasteiger charge is -2.14. The van der Waals surface area contributed by atoms with E-state index >= 15 is 0 Å². The molecule has 0 N–H and O–H groups in total. The third-order valence-electron chi connectivity index (χ3n) is 1.17. The van der Waals surface area contributed by atoms with Gasteiger partial charge in [-0.25, -0.2) is 0 Å². The van der Waals surface area contributed by atoms with Gasteiger partial charge in [0.25, 0.3) is 0 Å². The fourth-order valence-electron chi connectivity index (χ4n) is 0.579. The van der Waals surface area contributed by atoms with Gasteiger partial charge in [-0.05, 0) is 12.3 Å². The van der Waals surface area contributed by atoms with Gasteiger partial charge in [0.2, 0.25) is 0 Å². The molecule has 0 amide bonds. The number of hydrogen-bond acceptors (Lipinski definition) is 3. The topological polar surface area (TPSA) is 35.5 Å². The molecule has 0 aromatic heterocycles. The molecule has 0 saturated carbocycles. The number of hydrogen-bond donors (Lipinski definition) is 0. The van der Waals surface area contributed by atoms with Crippen molar-refractivity contribution < 1.29 is 13.6 Å². The summed E-state index contributed by atoms with van der Waals surface area (Å²) in [6, 6.07) is 0. The SMILES string of the molecule is CCCOP(C)(=O)OCC(C)C. The van der Waals surface area contributed by atoms with Crippen LogP contribution < -0.4 is 0 Å². The van der Waals surface area contributed by atoms with Crippen LogP contribution in [0.15, 0.2) is 0 Å². The molecule has 1 unspecified atom stereocenters. The molecular weight excluding hydrogens is 175 g/mol. The van der Waals surface area contributed by atoms with Gasteiger partial charge in [0.05, 0.1) is 13.2 Å². The summed E-state index contributed by atoms with van der Waals surface area (Å²) >= 11 is 0. The lowest BCUT2D eigenvalue weighted by molar-refractivity contribution is 0.191. The van der Waals surface area contributed by atoms with Crippen molar-refractivity contribution in [3.8, 4) is 0 Å². The van der Waals surface area contributed by atoms with E-state index in [2.05, 4.69) is 0 Å². The molecule has 4 heteroatoms. The van der Waals surface area contributed by atoms with E-state index < -0.39 is 7.60 Å². The van der Waals surface area contributed by atoms with Crippen LogP contribution in [0.25, 0.3) is 0 Å². The second-order valence-corrected chi connectivity index (χ2v) is 5.35. The highest BCUT2D eigenvalue weighted by Crippen LogP contribution is 2.44. The third-order valence-corrected chi connectivity index (χ3v) is 2.44. The zero-order valence-electron chi connectivity index (χ0n) is 8.37. The second-order valence-electron chi connectivity index (χ2n) is 3.29. The van der Waals surface area contributed by atoms with Crippen LogP contribution in [-0.4, -0.2) is 19.9 Å². The van der Waals surface area contributed by atoms with Crippen molar-refractivity contribution >= 4 is 7.60 Å². The first-order chi connectivity index (χ1) is 5.48. The van der Waals surface area contributed by atoms with Gasteiger partial charge in [-0.15, -0.1) is 0 Å². The average Bonchev–Trinajstić information content (AvgIpc) is 1.98. The van der Waals surface area contributed by atoms with Gasteiger partial charge < -0.3 is 9.05 Å². The van der Waals surface area contributed by atoms with E-state index in [1.165, 1.54) is 6.66 Å². The van der Waals surface area contributed by atoms with Crippen molar-refractivity contribution in [1.82, 2.24) is 0 Å². The van der Waals surface area contributed by atoms with Crippen molar-refractivity contribution in [3.63, 3.8) is 0 Å². The third kappa shape index (κ3) is 6.84. The molecule has 0 heterocycles. The Hall–Kier alpha value is 0.150. The molecule has 0 aromatic rings. The van der Waals surface area contributed by atoms with E-state index in [0.29, 0.717) is 19.1 Å². The van der Waals surface area contributed by atoms with Crippen LogP contribution in [0.1, 0.15) is 27.2 Å². The van der Waals surface area contributed by atoms with Crippen molar-refractivity contribution in [2.45, 2.75) is 27.2 Å². The van der Waals surface area contributed by atoms with E-state index in [0.717, 1.165) is 6.42 Å². The van der Waals surface area contributed by atoms with E-state index in [-0.39, 0.29) is 0 Å². The summed E-state index contributed by atoms with van der Waals surface area (Å²) in [6.45, 7) is 8.52. The van der Waals surface area contributed by atoms with E-state index in [4.69, 9.17) is 9.05 Å². The maximum absolute atomic E-state index is 11.4. The van der Waals surface area contributed by atoms with Crippen LogP contribution in [0.5, 0.6) is 0 Å². The summed E-state index contributed by atoms with van der Waals surface area (Å²) in [5, 5.41) is 0. The average molecular weight is 194 g/mol. The molecule has 0 aliphatic rings. The summed E-state index contributed by atoms with van der Waals surface area (Å²) in [6.07, 6.45) is 0.864. The van der Waals surface area contributed by atoms with Crippen molar-refractivity contribution in [1.29, 1.82) is 0 Å². The molecule has 0 aliphatic heterocycles. The molecule has 0 fully saturated rings. The predicted molar refractivity (Wildman–Crippen MR) is 50.6 cm³/mol. The second kappa shape index (κ2) is 5.74. The summed E-state index contributed by atoms with van der Waals surface area (Å²) in [4.78, 5) is 0. The lowest BCUT2D eigenvalue weighted by atomic mass is 10.2. The zero-order chi connectivity index (χ0) is 9.61. The highest BCUT2D eigenvalue weighted by atomic mass is 31.2. The molecule has 0 saturated heterocycles. The summed E-state index contributed by atoms with van der Waals surface area (Å²) in [7, 11) is -2.76. The Bertz CT molecular complexity index is 156. The highest BCUT2D eigenvalue weighted by Gasteiger charge is 2.16. The molecule has 1 atom stereocenters. The first-order valence-electron chi connectivity index (χ1n) is 4.34. The molecule has 0 rings (SSSR count). The van der Waals surface area contributed by atoms with Crippen LogP contribution >= 0.6 is 7.60 Å². The molecule has 12 heavy (non-hydrogen) atoms. The minimum absolute atomic E-state index is 0.392. The van der Waals surface area contributed by atoms with Gasteiger partial charge in [0.1, 0.15) is 0 Å². The molecule has 74 valence electrons. The van der Waals surface area contributed by atoms with Crippen molar-refractivity contribution in [3.05, 3.63) is 0 Å². The quantitative estimate of drug-likeness (QED) is 0.610. The molecule has 0 aromatic carbocycles. The van der Waals surface area contributed by atoms with Gasteiger partial charge in [0.15, 0.2) is 0 Å². The normalized spacial score (nSPS) is 16.4. The van der Waals surface area contributed by atoms with E-state index in [1.807, 2.05) is 20.8 Å². The number of rotatable bonds is 6. The monoisotopic (exact) mass is 194 g/mol. The van der Waals surface area contributed by atoms with Crippen LogP contribution in [0.2, 0.25) is 0 Å². The minimum atomic E-state index is -2.76. The summed E-state index contributed by atoms with van der Waals surface area (Å²) in [5.41, 5.74) is 0. The van der Waals surface area contributed by atoms with Crippen molar-refractivity contribution in [2.75, 3.05) is 19.9 Å². The summed E-state index contributed by atoms with van der Waals surface area (Å²) in [5.74, 6) is 0.392. The zero-order valence-corrected chi connectivity index (χ0v) is 9.27. The Morgan fingerprint density at radius 1 is 1.33 bits per heavy atom. The Kier molecular flexibility index (Phi) is 5.81. The fraction of sp³-hybridized carbons (Fsp3) is 1.00. The largest absolute Gasteiger partial charge is 0.327 e. The Morgan fingerprint density at radius 2 is 1.92 bits per heavy atom. The maximum atomic E-state index is 11.4. The first-order valence-corrected chi connectivity index (χ1v) is 6.33. The Balaban J connectivity index is 3.64. The van der Waals surface area contributed by atoms with Crippen LogP contribution in [0.3, 0.4) is 0 Å². The van der Waals surface area contributed by atoms with E-state index in [1.54, 1.807) is 0 Å². The molecular formula is C8H19O3P. The predicted octanol–water partition coefficient (Wildman–Crippen LogP) is 2.91. The highest BCUT2D eigenvalue weighted by molar-refractivity contribution is 7.52. The first kappa shape index (κ1) is 12.2. The standard InChI is InChI=1S/C8H19O3P/c1-5-6-10-12(4,9)11-7-8(2)3/h8H,5-7H2,1-4H3. The smallest absolute Gasteiger partial charge is 0.309 e. The molecule has 0 aliphatic carbocycles. The molecule has 3 nitrogen and oxygen atoms in total.